The summed E-state index contributed by atoms with van der Waals surface area (Å²) >= 11 is 13.5. The van der Waals surface area contributed by atoms with Crippen molar-refractivity contribution in [2.24, 2.45) is 0 Å². The molecular formula is C22H13Cl2F3N6OS. The second kappa shape index (κ2) is 8.99. The number of carbonyl (C=O) groups is 1. The van der Waals surface area contributed by atoms with Gasteiger partial charge in [-0.3, -0.25) is 9.48 Å². The number of alkyl halides is 3. The second-order valence-corrected chi connectivity index (χ2v) is 9.14. The largest absolute Gasteiger partial charge is 0.433 e. The lowest BCUT2D eigenvalue weighted by molar-refractivity contribution is -0.142. The van der Waals surface area contributed by atoms with E-state index in [9.17, 15) is 18.0 Å². The Kier molecular flexibility index (Phi) is 5.99. The fraction of sp³-hybridized carbons (Fsp3) is 0.0909. The SMILES string of the molecule is O=C(Nc1ccn(Cc2cccc(Cl)c2)n1)c1nn2c(C(F)(F)F)cc(-c3cccs3)nc2c1Cl. The molecule has 0 unspecified atom stereocenters. The zero-order valence-electron chi connectivity index (χ0n) is 17.4. The van der Waals surface area contributed by atoms with Crippen molar-refractivity contribution in [1.29, 1.82) is 0 Å². The van der Waals surface area contributed by atoms with E-state index in [1.165, 1.54) is 11.3 Å². The molecule has 0 bridgehead atoms. The van der Waals surface area contributed by atoms with Crippen LogP contribution in [-0.2, 0) is 12.7 Å². The van der Waals surface area contributed by atoms with Gasteiger partial charge in [0.05, 0.1) is 17.1 Å². The number of nitrogens with one attached hydrogen (secondary N) is 1. The Balaban J connectivity index is 1.45. The Labute approximate surface area is 209 Å². The third-order valence-corrected chi connectivity index (χ3v) is 6.40. The predicted octanol–water partition coefficient (Wildman–Crippen LogP) is 6.28. The lowest BCUT2D eigenvalue weighted by atomic mass is 10.2. The van der Waals surface area contributed by atoms with Crippen molar-refractivity contribution in [1.82, 2.24) is 24.4 Å². The fourth-order valence-electron chi connectivity index (χ4n) is 3.40. The molecule has 13 heteroatoms. The summed E-state index contributed by atoms with van der Waals surface area (Å²) in [6.07, 6.45) is -3.12. The molecule has 0 saturated carbocycles. The van der Waals surface area contributed by atoms with E-state index in [2.05, 4.69) is 20.5 Å². The van der Waals surface area contributed by atoms with E-state index in [4.69, 9.17) is 23.2 Å². The van der Waals surface area contributed by atoms with Crippen molar-refractivity contribution >= 4 is 51.9 Å². The Morgan fingerprint density at radius 1 is 1.09 bits per heavy atom. The molecular weight excluding hydrogens is 524 g/mol. The van der Waals surface area contributed by atoms with Crippen LogP contribution in [0.25, 0.3) is 16.2 Å². The first-order valence-electron chi connectivity index (χ1n) is 9.98. The van der Waals surface area contributed by atoms with E-state index in [0.29, 0.717) is 21.0 Å². The van der Waals surface area contributed by atoms with Crippen LogP contribution in [0.2, 0.25) is 10.0 Å². The minimum atomic E-state index is -4.75. The molecule has 35 heavy (non-hydrogen) atoms. The molecule has 1 N–H and O–H groups in total. The van der Waals surface area contributed by atoms with Gasteiger partial charge in [-0.05, 0) is 35.2 Å². The predicted molar refractivity (Wildman–Crippen MR) is 127 cm³/mol. The van der Waals surface area contributed by atoms with Gasteiger partial charge < -0.3 is 5.32 Å². The highest BCUT2D eigenvalue weighted by molar-refractivity contribution is 7.13. The summed E-state index contributed by atoms with van der Waals surface area (Å²) in [5.74, 6) is -0.646. The number of nitrogens with zero attached hydrogens (tertiary/aromatic N) is 5. The van der Waals surface area contributed by atoms with Gasteiger partial charge in [0.2, 0.25) is 0 Å². The number of aromatic nitrogens is 5. The molecule has 0 atom stereocenters. The summed E-state index contributed by atoms with van der Waals surface area (Å²) in [4.78, 5) is 17.6. The van der Waals surface area contributed by atoms with Crippen LogP contribution in [0.15, 0.2) is 60.1 Å². The van der Waals surface area contributed by atoms with Gasteiger partial charge in [-0.2, -0.15) is 23.4 Å². The molecule has 7 nitrogen and oxygen atoms in total. The van der Waals surface area contributed by atoms with Crippen molar-refractivity contribution in [3.8, 4) is 10.6 Å². The number of hydrogen-bond acceptors (Lipinski definition) is 5. The molecule has 1 aromatic carbocycles. The Hall–Kier alpha value is -3.41. The smallest absolute Gasteiger partial charge is 0.304 e. The first kappa shape index (κ1) is 23.3. The molecule has 0 aliphatic heterocycles. The number of anilines is 1. The third kappa shape index (κ3) is 4.75. The van der Waals surface area contributed by atoms with Crippen LogP contribution >= 0.6 is 34.5 Å². The van der Waals surface area contributed by atoms with E-state index >= 15 is 0 Å². The molecule has 0 radical (unpaired) electrons. The summed E-state index contributed by atoms with van der Waals surface area (Å²) in [5.41, 5.74) is -0.806. The maximum Gasteiger partial charge on any atom is 0.433 e. The highest BCUT2D eigenvalue weighted by atomic mass is 35.5. The lowest BCUT2D eigenvalue weighted by Gasteiger charge is -2.10. The topological polar surface area (TPSA) is 77.1 Å². The average Bonchev–Trinajstić information content (AvgIpc) is 3.54. The summed E-state index contributed by atoms with van der Waals surface area (Å²) in [6.45, 7) is 0.399. The van der Waals surface area contributed by atoms with Gasteiger partial charge in [0, 0.05) is 17.3 Å². The molecule has 1 amide bonds. The highest BCUT2D eigenvalue weighted by Gasteiger charge is 2.37. The normalized spacial score (nSPS) is 11.8. The van der Waals surface area contributed by atoms with Crippen molar-refractivity contribution in [2.75, 3.05) is 5.32 Å². The maximum atomic E-state index is 13.8. The molecule has 0 fully saturated rings. The van der Waals surface area contributed by atoms with E-state index in [0.717, 1.165) is 11.6 Å². The Bertz CT molecular complexity index is 1540. The van der Waals surface area contributed by atoms with Crippen molar-refractivity contribution in [3.63, 3.8) is 0 Å². The number of rotatable bonds is 5. The minimum Gasteiger partial charge on any atom is -0.304 e. The molecule has 0 aliphatic rings. The summed E-state index contributed by atoms with van der Waals surface area (Å²) < 4.78 is 43.5. The van der Waals surface area contributed by atoms with Crippen molar-refractivity contribution in [3.05, 3.63) is 87.1 Å². The molecule has 0 aliphatic carbocycles. The zero-order valence-corrected chi connectivity index (χ0v) is 19.8. The maximum absolute atomic E-state index is 13.8. The lowest BCUT2D eigenvalue weighted by Crippen LogP contribution is -2.16. The standard InChI is InChI=1S/C22H13Cl2F3N6OS/c23-13-4-1-3-12(9-13)11-32-7-6-17(30-32)29-21(34)19-18(24)20-28-14(15-5-2-8-35-15)10-16(22(25,26)27)33(20)31-19/h1-10H,11H2,(H,29,30,34). The first-order chi connectivity index (χ1) is 16.7. The molecule has 4 aromatic heterocycles. The number of amides is 1. The van der Waals surface area contributed by atoms with Crippen LogP contribution in [0.1, 0.15) is 21.7 Å². The molecule has 4 heterocycles. The first-order valence-corrected chi connectivity index (χ1v) is 11.6. The summed E-state index contributed by atoms with van der Waals surface area (Å²) in [7, 11) is 0. The highest BCUT2D eigenvalue weighted by Crippen LogP contribution is 2.35. The number of halogens is 5. The van der Waals surface area contributed by atoms with Gasteiger partial charge in [-0.25, -0.2) is 9.50 Å². The number of carbonyl (C=O) groups excluding carboxylic acids is 1. The number of fused-ring (bicyclic) bond motifs is 1. The summed E-state index contributed by atoms with van der Waals surface area (Å²) in [5, 5.41) is 12.6. The number of thiophene rings is 1. The molecule has 0 spiro atoms. The molecule has 0 saturated heterocycles. The van der Waals surface area contributed by atoms with Gasteiger partial charge in [0.15, 0.2) is 22.9 Å². The minimum absolute atomic E-state index is 0.0772. The van der Waals surface area contributed by atoms with E-state index in [1.54, 1.807) is 46.6 Å². The van der Waals surface area contributed by atoms with Gasteiger partial charge in [0.25, 0.3) is 5.91 Å². The monoisotopic (exact) mass is 536 g/mol. The van der Waals surface area contributed by atoms with E-state index in [1.807, 2.05) is 12.1 Å². The van der Waals surface area contributed by atoms with Crippen LogP contribution < -0.4 is 5.32 Å². The molecule has 5 rings (SSSR count). The third-order valence-electron chi connectivity index (χ3n) is 4.93. The van der Waals surface area contributed by atoms with E-state index < -0.39 is 23.5 Å². The summed E-state index contributed by atoms with van der Waals surface area (Å²) in [6, 6.07) is 13.0. The van der Waals surface area contributed by atoms with Crippen LogP contribution in [0.4, 0.5) is 19.0 Å². The fourth-order valence-corrected chi connectivity index (χ4v) is 4.55. The van der Waals surface area contributed by atoms with Crippen molar-refractivity contribution < 1.29 is 18.0 Å². The Morgan fingerprint density at radius 3 is 2.63 bits per heavy atom. The average molecular weight is 537 g/mol. The van der Waals surface area contributed by atoms with Crippen molar-refractivity contribution in [2.45, 2.75) is 12.7 Å². The quantitative estimate of drug-likeness (QED) is 0.286. The van der Waals surface area contributed by atoms with Gasteiger partial charge >= 0.3 is 6.18 Å². The van der Waals surface area contributed by atoms with Crippen LogP contribution in [0, 0.1) is 0 Å². The molecule has 5 aromatic rings. The number of hydrogen-bond donors (Lipinski definition) is 1. The number of benzene rings is 1. The van der Waals surface area contributed by atoms with Crippen LogP contribution in [0.3, 0.4) is 0 Å². The Morgan fingerprint density at radius 2 is 1.91 bits per heavy atom. The molecule has 178 valence electrons. The second-order valence-electron chi connectivity index (χ2n) is 7.38. The van der Waals surface area contributed by atoms with Gasteiger partial charge in [0.1, 0.15) is 5.02 Å². The van der Waals surface area contributed by atoms with Crippen LogP contribution in [-0.4, -0.2) is 30.3 Å². The van der Waals surface area contributed by atoms with Gasteiger partial charge in [-0.1, -0.05) is 41.4 Å². The van der Waals surface area contributed by atoms with Crippen LogP contribution in [0.5, 0.6) is 0 Å². The zero-order chi connectivity index (χ0) is 24.7. The van der Waals surface area contributed by atoms with Gasteiger partial charge in [-0.15, -0.1) is 11.3 Å². The van der Waals surface area contributed by atoms with E-state index in [-0.39, 0.29) is 22.2 Å².